The Morgan fingerprint density at radius 1 is 0.909 bits per heavy atom. The summed E-state index contributed by atoms with van der Waals surface area (Å²) in [7, 11) is 0. The maximum Gasteiger partial charge on any atom is 0.490 e. The van der Waals surface area contributed by atoms with Crippen LogP contribution in [-0.2, 0) is 17.1 Å². The number of halogens is 9. The number of aromatic amines is 1. The van der Waals surface area contributed by atoms with Gasteiger partial charge in [-0.1, -0.05) is 0 Å². The van der Waals surface area contributed by atoms with Crippen molar-refractivity contribution >= 4 is 22.8 Å². The van der Waals surface area contributed by atoms with Crippen LogP contribution in [0.3, 0.4) is 0 Å². The van der Waals surface area contributed by atoms with Crippen LogP contribution in [0.1, 0.15) is 11.1 Å². The average Bonchev–Trinajstić information content (AvgIpc) is 3.32. The molecule has 0 atom stereocenters. The van der Waals surface area contributed by atoms with Crippen LogP contribution < -0.4 is 0 Å². The summed E-state index contributed by atoms with van der Waals surface area (Å²) in [5, 5.41) is 14.7. The first-order chi connectivity index (χ1) is 15.1. The van der Waals surface area contributed by atoms with Crippen molar-refractivity contribution < 1.29 is 49.4 Å². The SMILES string of the molecule is FC(F)(F)c1cc(-c2nnc3cnc4[nH]ccc4n23)cc(C(F)(F)F)c1.O=C(O)C(F)(F)F. The molecule has 2 N–H and O–H groups in total. The Morgan fingerprint density at radius 3 is 1.94 bits per heavy atom. The molecule has 1 aromatic carbocycles. The highest BCUT2D eigenvalue weighted by Crippen LogP contribution is 2.38. The van der Waals surface area contributed by atoms with Gasteiger partial charge in [-0.15, -0.1) is 10.2 Å². The number of carboxylic acids is 1. The number of aromatic nitrogens is 5. The molecule has 0 fully saturated rings. The molecule has 0 unspecified atom stereocenters. The summed E-state index contributed by atoms with van der Waals surface area (Å²) in [6.07, 6.45) is -12.1. The topological polar surface area (TPSA) is 96.2 Å². The smallest absolute Gasteiger partial charge is 0.475 e. The molecule has 16 heteroatoms. The molecular weight excluding hydrogens is 477 g/mol. The largest absolute Gasteiger partial charge is 0.490 e. The summed E-state index contributed by atoms with van der Waals surface area (Å²) in [6, 6.07) is 2.87. The molecule has 0 aliphatic heterocycles. The van der Waals surface area contributed by atoms with Crippen LogP contribution >= 0.6 is 0 Å². The number of hydrogen-bond acceptors (Lipinski definition) is 4. The van der Waals surface area contributed by atoms with Gasteiger partial charge in [0.05, 0.1) is 22.8 Å². The lowest BCUT2D eigenvalue weighted by Gasteiger charge is -2.13. The first-order valence-corrected chi connectivity index (χ1v) is 8.36. The number of aliphatic carboxylic acids is 1. The highest BCUT2D eigenvalue weighted by atomic mass is 19.4. The van der Waals surface area contributed by atoms with Gasteiger partial charge in [-0.3, -0.25) is 4.40 Å². The van der Waals surface area contributed by atoms with Gasteiger partial charge in [0.25, 0.3) is 0 Å². The summed E-state index contributed by atoms with van der Waals surface area (Å²) in [5.41, 5.74) is -2.18. The second kappa shape index (κ2) is 7.93. The minimum Gasteiger partial charge on any atom is -0.475 e. The molecule has 0 bridgehead atoms. The fourth-order valence-electron chi connectivity index (χ4n) is 2.65. The summed E-state index contributed by atoms with van der Waals surface area (Å²) in [6.45, 7) is 0. The van der Waals surface area contributed by atoms with E-state index in [1.165, 1.54) is 16.8 Å². The van der Waals surface area contributed by atoms with Gasteiger partial charge in [0.2, 0.25) is 0 Å². The second-order valence-electron chi connectivity index (χ2n) is 6.28. The van der Waals surface area contributed by atoms with Crippen LogP contribution in [0.15, 0.2) is 36.7 Å². The maximum absolute atomic E-state index is 13.1. The van der Waals surface area contributed by atoms with E-state index < -0.39 is 35.6 Å². The highest BCUT2D eigenvalue weighted by molar-refractivity contribution is 5.77. The van der Waals surface area contributed by atoms with Crippen LogP contribution in [0.2, 0.25) is 0 Å². The monoisotopic (exact) mass is 485 g/mol. The molecule has 33 heavy (non-hydrogen) atoms. The molecule has 7 nitrogen and oxygen atoms in total. The third-order valence-corrected chi connectivity index (χ3v) is 4.03. The zero-order valence-corrected chi connectivity index (χ0v) is 15.5. The van der Waals surface area contributed by atoms with Gasteiger partial charge in [-0.2, -0.15) is 39.5 Å². The summed E-state index contributed by atoms with van der Waals surface area (Å²) in [4.78, 5) is 15.8. The van der Waals surface area contributed by atoms with Gasteiger partial charge in [0.1, 0.15) is 0 Å². The molecule has 0 spiro atoms. The maximum atomic E-state index is 13.1. The Hall–Kier alpha value is -3.85. The van der Waals surface area contributed by atoms with E-state index in [1.54, 1.807) is 6.07 Å². The predicted octanol–water partition coefficient (Wildman–Crippen LogP) is 4.94. The van der Waals surface area contributed by atoms with Crippen molar-refractivity contribution in [2.24, 2.45) is 0 Å². The Bertz CT molecular complexity index is 1290. The van der Waals surface area contributed by atoms with E-state index in [9.17, 15) is 39.5 Å². The third kappa shape index (κ3) is 4.98. The molecule has 0 saturated heterocycles. The van der Waals surface area contributed by atoms with Crippen LogP contribution in [0.25, 0.3) is 28.2 Å². The summed E-state index contributed by atoms with van der Waals surface area (Å²) >= 11 is 0. The van der Waals surface area contributed by atoms with Gasteiger partial charge in [0.15, 0.2) is 17.1 Å². The van der Waals surface area contributed by atoms with Crippen molar-refractivity contribution in [2.75, 3.05) is 0 Å². The molecule has 4 aromatic rings. The lowest BCUT2D eigenvalue weighted by molar-refractivity contribution is -0.192. The van der Waals surface area contributed by atoms with Crippen molar-refractivity contribution in [3.05, 3.63) is 47.8 Å². The van der Waals surface area contributed by atoms with Crippen molar-refractivity contribution in [2.45, 2.75) is 18.5 Å². The Balaban J connectivity index is 0.000000383. The lowest BCUT2D eigenvalue weighted by atomic mass is 10.0. The van der Waals surface area contributed by atoms with Gasteiger partial charge in [0, 0.05) is 11.8 Å². The van der Waals surface area contributed by atoms with Gasteiger partial charge < -0.3 is 10.1 Å². The Kier molecular flexibility index (Phi) is 5.72. The van der Waals surface area contributed by atoms with Crippen molar-refractivity contribution in [3.63, 3.8) is 0 Å². The number of rotatable bonds is 1. The summed E-state index contributed by atoms with van der Waals surface area (Å²) < 4.78 is 111. The van der Waals surface area contributed by atoms with Crippen LogP contribution in [0.5, 0.6) is 0 Å². The molecule has 3 aromatic heterocycles. The van der Waals surface area contributed by atoms with Gasteiger partial charge in [-0.05, 0) is 24.3 Å². The van der Waals surface area contributed by atoms with Gasteiger partial charge >= 0.3 is 24.5 Å². The van der Waals surface area contributed by atoms with E-state index >= 15 is 0 Å². The fourth-order valence-corrected chi connectivity index (χ4v) is 2.65. The third-order valence-electron chi connectivity index (χ3n) is 4.03. The number of carbonyl (C=O) groups is 1. The van der Waals surface area contributed by atoms with Crippen LogP contribution in [0.4, 0.5) is 39.5 Å². The van der Waals surface area contributed by atoms with Crippen molar-refractivity contribution in [1.29, 1.82) is 0 Å². The average molecular weight is 485 g/mol. The molecule has 0 amide bonds. The van der Waals surface area contributed by atoms with E-state index in [0.717, 1.165) is 0 Å². The lowest BCUT2D eigenvalue weighted by Crippen LogP contribution is -2.21. The van der Waals surface area contributed by atoms with E-state index in [1.807, 2.05) is 0 Å². The van der Waals surface area contributed by atoms with Crippen molar-refractivity contribution in [1.82, 2.24) is 24.6 Å². The number of H-pyrrole nitrogens is 1. The molecular formula is C17H8F9N5O2. The molecule has 0 radical (unpaired) electrons. The first-order valence-electron chi connectivity index (χ1n) is 8.36. The molecule has 0 aliphatic carbocycles. The number of nitrogens with zero attached hydrogens (tertiary/aromatic N) is 4. The number of alkyl halides is 9. The van der Waals surface area contributed by atoms with E-state index in [-0.39, 0.29) is 23.1 Å². The zero-order valence-electron chi connectivity index (χ0n) is 15.5. The predicted molar refractivity (Wildman–Crippen MR) is 91.8 cm³/mol. The molecule has 3 heterocycles. The first kappa shape index (κ1) is 23.8. The second-order valence-corrected chi connectivity index (χ2v) is 6.28. The molecule has 0 aliphatic rings. The minimum absolute atomic E-state index is 0.0696. The quantitative estimate of drug-likeness (QED) is 0.373. The number of hydrogen-bond donors (Lipinski definition) is 2. The highest BCUT2D eigenvalue weighted by Gasteiger charge is 2.38. The van der Waals surface area contributed by atoms with Gasteiger partial charge in [-0.25, -0.2) is 9.78 Å². The van der Waals surface area contributed by atoms with Crippen LogP contribution in [-0.4, -0.2) is 41.8 Å². The molecule has 0 saturated carbocycles. The van der Waals surface area contributed by atoms with Crippen molar-refractivity contribution in [3.8, 4) is 11.4 Å². The molecule has 176 valence electrons. The van der Waals surface area contributed by atoms with E-state index in [2.05, 4.69) is 20.2 Å². The Labute approximate surface area is 175 Å². The summed E-state index contributed by atoms with van der Waals surface area (Å²) in [5.74, 6) is -2.91. The van der Waals surface area contributed by atoms with E-state index in [0.29, 0.717) is 23.3 Å². The standard InChI is InChI=1S/C15H7F6N5.C2HF3O2/c16-14(17,18)8-3-7(4-9(5-8)15(19,20)21)13-25-24-11-6-23-12-10(26(11)13)1-2-22-12;3-2(4,5)1(6)7/h1-6,22H;(H,6,7). The van der Waals surface area contributed by atoms with E-state index in [4.69, 9.17) is 9.90 Å². The number of fused-ring (bicyclic) bond motifs is 3. The number of benzene rings is 1. The number of nitrogens with one attached hydrogen (secondary N) is 1. The Morgan fingerprint density at radius 2 is 1.45 bits per heavy atom. The fraction of sp³-hybridized carbons (Fsp3) is 0.176. The number of carboxylic acid groups (broad SMARTS) is 1. The van der Waals surface area contributed by atoms with Crippen LogP contribution in [0, 0.1) is 0 Å². The minimum atomic E-state index is -5.08. The molecule has 4 rings (SSSR count). The normalized spacial score (nSPS) is 12.6. The zero-order chi connectivity index (χ0) is 24.8.